The number of rotatable bonds is 2. The van der Waals surface area contributed by atoms with Gasteiger partial charge in [0.2, 0.25) is 0 Å². The van der Waals surface area contributed by atoms with Crippen molar-refractivity contribution in [3.05, 3.63) is 35.8 Å². The van der Waals surface area contributed by atoms with Gasteiger partial charge in [0.1, 0.15) is 0 Å². The normalized spacial score (nSPS) is 19.0. The van der Waals surface area contributed by atoms with Crippen LogP contribution < -0.4 is 0 Å². The first-order valence-corrected chi connectivity index (χ1v) is 7.73. The number of likely N-dealkylation sites (tertiary alicyclic amines) is 1. The zero-order valence-corrected chi connectivity index (χ0v) is 12.7. The summed E-state index contributed by atoms with van der Waals surface area (Å²) in [6.07, 6.45) is 7.96. The summed E-state index contributed by atoms with van der Waals surface area (Å²) >= 11 is 0. The molecule has 1 atom stereocenters. The summed E-state index contributed by atoms with van der Waals surface area (Å²) in [5.41, 5.74) is 2.42. The highest BCUT2D eigenvalue weighted by molar-refractivity contribution is 5.98. The van der Waals surface area contributed by atoms with Crippen molar-refractivity contribution in [3.63, 3.8) is 0 Å². The highest BCUT2D eigenvalue weighted by Gasteiger charge is 2.27. The molecule has 4 heteroatoms. The Bertz CT molecular complexity index is 668. The van der Waals surface area contributed by atoms with Gasteiger partial charge in [0.05, 0.1) is 16.8 Å². The van der Waals surface area contributed by atoms with E-state index in [1.165, 1.54) is 6.42 Å². The van der Waals surface area contributed by atoms with Gasteiger partial charge in [-0.2, -0.15) is 0 Å². The van der Waals surface area contributed by atoms with Crippen molar-refractivity contribution in [1.29, 1.82) is 0 Å². The van der Waals surface area contributed by atoms with Crippen molar-refractivity contribution in [2.45, 2.75) is 45.6 Å². The quantitative estimate of drug-likeness (QED) is 0.849. The molecular formula is C17H21N3O. The molecule has 1 fully saturated rings. The minimum absolute atomic E-state index is 0.123. The largest absolute Gasteiger partial charge is 0.336 e. The number of carbonyl (C=O) groups excluding carboxylic acids is 1. The summed E-state index contributed by atoms with van der Waals surface area (Å²) in [5.74, 6) is 0.123. The number of nitrogens with zero attached hydrogens (tertiary/aromatic N) is 3. The van der Waals surface area contributed by atoms with Gasteiger partial charge in [-0.25, -0.2) is 0 Å². The number of fused-ring (bicyclic) bond motifs is 1. The summed E-state index contributed by atoms with van der Waals surface area (Å²) in [4.78, 5) is 23.6. The summed E-state index contributed by atoms with van der Waals surface area (Å²) in [5, 5.41) is 0.927. The van der Waals surface area contributed by atoms with Crippen LogP contribution in [0.25, 0.3) is 10.9 Å². The smallest absolute Gasteiger partial charge is 0.255 e. The van der Waals surface area contributed by atoms with E-state index >= 15 is 0 Å². The van der Waals surface area contributed by atoms with E-state index < -0.39 is 0 Å². The van der Waals surface area contributed by atoms with E-state index in [2.05, 4.69) is 16.9 Å². The van der Waals surface area contributed by atoms with Gasteiger partial charge < -0.3 is 4.90 Å². The van der Waals surface area contributed by atoms with Gasteiger partial charge in [-0.15, -0.1) is 0 Å². The molecule has 0 aliphatic carbocycles. The number of carbonyl (C=O) groups is 1. The third-order valence-electron chi connectivity index (χ3n) is 4.40. The minimum Gasteiger partial charge on any atom is -0.336 e. The molecule has 0 radical (unpaired) electrons. The van der Waals surface area contributed by atoms with E-state index in [9.17, 15) is 4.79 Å². The molecule has 2 aromatic rings. The standard InChI is InChI=1S/C17H21N3O/c1-3-14-6-4-5-9-20(14)17(21)15-10-13-11-18-8-7-16(13)19-12(15)2/h7-8,10-11,14H,3-6,9H2,1-2H3. The number of aryl methyl sites for hydroxylation is 1. The number of hydrogen-bond acceptors (Lipinski definition) is 3. The lowest BCUT2D eigenvalue weighted by atomic mass is 9.98. The van der Waals surface area contributed by atoms with Gasteiger partial charge in [-0.1, -0.05) is 6.92 Å². The molecule has 1 saturated heterocycles. The topological polar surface area (TPSA) is 46.1 Å². The Morgan fingerprint density at radius 3 is 3.10 bits per heavy atom. The van der Waals surface area contributed by atoms with Gasteiger partial charge in [0.15, 0.2) is 0 Å². The fourth-order valence-corrected chi connectivity index (χ4v) is 3.18. The molecule has 0 N–H and O–H groups in total. The highest BCUT2D eigenvalue weighted by atomic mass is 16.2. The fraction of sp³-hybridized carbons (Fsp3) is 0.471. The number of amides is 1. The van der Waals surface area contributed by atoms with Crippen LogP contribution in [0.4, 0.5) is 0 Å². The second kappa shape index (κ2) is 5.80. The van der Waals surface area contributed by atoms with Crippen LogP contribution in [0.3, 0.4) is 0 Å². The first kappa shape index (κ1) is 14.0. The molecule has 0 spiro atoms. The molecule has 1 amide bonds. The van der Waals surface area contributed by atoms with Gasteiger partial charge in [0.25, 0.3) is 5.91 Å². The Morgan fingerprint density at radius 2 is 2.29 bits per heavy atom. The van der Waals surface area contributed by atoms with Crippen molar-refractivity contribution in [2.75, 3.05) is 6.54 Å². The van der Waals surface area contributed by atoms with Crippen LogP contribution in [0.5, 0.6) is 0 Å². The molecule has 110 valence electrons. The fourth-order valence-electron chi connectivity index (χ4n) is 3.18. The van der Waals surface area contributed by atoms with Crippen LogP contribution in [0.1, 0.15) is 48.7 Å². The lowest BCUT2D eigenvalue weighted by Crippen LogP contribution is -2.43. The van der Waals surface area contributed by atoms with Crippen molar-refractivity contribution in [3.8, 4) is 0 Å². The summed E-state index contributed by atoms with van der Waals surface area (Å²) in [6.45, 7) is 4.94. The van der Waals surface area contributed by atoms with Crippen molar-refractivity contribution < 1.29 is 4.79 Å². The Kier molecular flexibility index (Phi) is 3.86. The average molecular weight is 283 g/mol. The van der Waals surface area contributed by atoms with Gasteiger partial charge in [-0.3, -0.25) is 14.8 Å². The molecule has 0 saturated carbocycles. The third kappa shape index (κ3) is 2.62. The average Bonchev–Trinajstić information content (AvgIpc) is 2.53. The lowest BCUT2D eigenvalue weighted by Gasteiger charge is -2.35. The Labute approximate surface area is 125 Å². The van der Waals surface area contributed by atoms with Crippen molar-refractivity contribution >= 4 is 16.8 Å². The monoisotopic (exact) mass is 283 g/mol. The third-order valence-corrected chi connectivity index (χ3v) is 4.40. The zero-order valence-electron chi connectivity index (χ0n) is 12.7. The Balaban J connectivity index is 1.98. The number of hydrogen-bond donors (Lipinski definition) is 0. The van der Waals surface area contributed by atoms with Crippen LogP contribution in [-0.4, -0.2) is 33.4 Å². The van der Waals surface area contributed by atoms with E-state index in [4.69, 9.17) is 0 Å². The van der Waals surface area contributed by atoms with Crippen molar-refractivity contribution in [2.24, 2.45) is 0 Å². The van der Waals surface area contributed by atoms with Gasteiger partial charge in [0, 0.05) is 30.4 Å². The van der Waals surface area contributed by atoms with Crippen LogP contribution in [0, 0.1) is 6.92 Å². The number of aromatic nitrogens is 2. The van der Waals surface area contributed by atoms with Gasteiger partial charge in [-0.05, 0) is 44.7 Å². The Morgan fingerprint density at radius 1 is 1.43 bits per heavy atom. The summed E-state index contributed by atoms with van der Waals surface area (Å²) in [7, 11) is 0. The molecule has 3 heterocycles. The molecule has 21 heavy (non-hydrogen) atoms. The highest BCUT2D eigenvalue weighted by Crippen LogP contribution is 2.24. The summed E-state index contributed by atoms with van der Waals surface area (Å²) in [6, 6.07) is 4.19. The second-order valence-corrected chi connectivity index (χ2v) is 5.75. The molecule has 1 aliphatic rings. The maximum Gasteiger partial charge on any atom is 0.255 e. The zero-order chi connectivity index (χ0) is 14.8. The molecule has 0 aromatic carbocycles. The lowest BCUT2D eigenvalue weighted by molar-refractivity contribution is 0.0607. The van der Waals surface area contributed by atoms with Crippen LogP contribution in [0.2, 0.25) is 0 Å². The van der Waals surface area contributed by atoms with E-state index in [1.807, 2.05) is 24.0 Å². The van der Waals surface area contributed by atoms with E-state index in [-0.39, 0.29) is 5.91 Å². The molecular weight excluding hydrogens is 262 g/mol. The number of piperidine rings is 1. The molecule has 3 rings (SSSR count). The molecule has 2 aromatic heterocycles. The van der Waals surface area contributed by atoms with Crippen molar-refractivity contribution in [1.82, 2.24) is 14.9 Å². The number of pyridine rings is 2. The predicted molar refractivity (Wildman–Crippen MR) is 83.2 cm³/mol. The first-order chi connectivity index (χ1) is 10.2. The van der Waals surface area contributed by atoms with E-state index in [0.717, 1.165) is 48.0 Å². The molecule has 1 unspecified atom stereocenters. The minimum atomic E-state index is 0.123. The van der Waals surface area contributed by atoms with Gasteiger partial charge >= 0.3 is 0 Å². The Hall–Kier alpha value is -1.97. The predicted octanol–water partition coefficient (Wildman–Crippen LogP) is 3.34. The van der Waals surface area contributed by atoms with Crippen LogP contribution in [-0.2, 0) is 0 Å². The first-order valence-electron chi connectivity index (χ1n) is 7.73. The van der Waals surface area contributed by atoms with E-state index in [1.54, 1.807) is 12.4 Å². The molecule has 4 nitrogen and oxygen atoms in total. The molecule has 0 bridgehead atoms. The van der Waals surface area contributed by atoms with E-state index in [0.29, 0.717) is 6.04 Å². The SMILES string of the molecule is CCC1CCCCN1C(=O)c1cc2cnccc2nc1C. The van der Waals surface area contributed by atoms with Crippen LogP contribution in [0.15, 0.2) is 24.5 Å². The molecule has 1 aliphatic heterocycles. The van der Waals surface area contributed by atoms with Crippen LogP contribution >= 0.6 is 0 Å². The maximum absolute atomic E-state index is 12.9. The second-order valence-electron chi connectivity index (χ2n) is 5.75. The summed E-state index contributed by atoms with van der Waals surface area (Å²) < 4.78 is 0. The maximum atomic E-state index is 12.9.